The fourth-order valence-corrected chi connectivity index (χ4v) is 6.19. The van der Waals surface area contributed by atoms with E-state index in [2.05, 4.69) is 79.9 Å². The number of hydrogen-bond acceptors (Lipinski definition) is 6. The molecule has 0 bridgehead atoms. The molecule has 9 heteroatoms. The number of aliphatic carboxylic acids is 1. The first-order chi connectivity index (χ1) is 20.7. The number of carboxylic acid groups (broad SMARTS) is 1. The van der Waals surface area contributed by atoms with Gasteiger partial charge in [-0.15, -0.1) is 11.8 Å². The van der Waals surface area contributed by atoms with Gasteiger partial charge in [0.05, 0.1) is 12.3 Å². The molecule has 0 spiro atoms. The Kier molecular flexibility index (Phi) is 14.4. The first kappa shape index (κ1) is 34.5. The minimum atomic E-state index is -1.03. The summed E-state index contributed by atoms with van der Waals surface area (Å²) < 4.78 is 0. The molecule has 0 aliphatic heterocycles. The molecular weight excluding hydrogens is 579 g/mol. The summed E-state index contributed by atoms with van der Waals surface area (Å²) in [6.45, 7) is 7.25. The van der Waals surface area contributed by atoms with Crippen molar-refractivity contribution in [3.05, 3.63) is 83.4 Å². The van der Waals surface area contributed by atoms with Gasteiger partial charge in [0.15, 0.2) is 0 Å². The maximum atomic E-state index is 13.2. The number of carbonyl (C=O) groups excluding carboxylic acids is 2. The summed E-state index contributed by atoms with van der Waals surface area (Å²) in [6, 6.07) is 21.5. The second-order valence-corrected chi connectivity index (χ2v) is 13.1. The van der Waals surface area contributed by atoms with E-state index >= 15 is 0 Å². The van der Waals surface area contributed by atoms with Crippen LogP contribution in [0.5, 0.6) is 0 Å². The van der Waals surface area contributed by atoms with Gasteiger partial charge in [0.2, 0.25) is 11.8 Å². The molecule has 0 saturated heterocycles. The number of carboxylic acids is 1. The van der Waals surface area contributed by atoms with Crippen molar-refractivity contribution in [3.63, 3.8) is 0 Å². The van der Waals surface area contributed by atoms with Crippen LogP contribution in [-0.4, -0.2) is 70.7 Å². The van der Waals surface area contributed by atoms with Gasteiger partial charge in [0.25, 0.3) is 0 Å². The molecule has 0 aliphatic carbocycles. The van der Waals surface area contributed by atoms with Crippen LogP contribution in [0.15, 0.2) is 66.7 Å². The van der Waals surface area contributed by atoms with Crippen LogP contribution in [0.2, 0.25) is 0 Å². The minimum Gasteiger partial charge on any atom is -0.480 e. The van der Waals surface area contributed by atoms with E-state index in [-0.39, 0.29) is 30.3 Å². The Balaban J connectivity index is 1.75. The molecular formula is C34H45N3O4S2. The lowest BCUT2D eigenvalue weighted by atomic mass is 9.97. The Labute approximate surface area is 264 Å². The Hall–Kier alpha value is -3.01. The van der Waals surface area contributed by atoms with Crippen molar-refractivity contribution in [1.82, 2.24) is 15.5 Å². The lowest BCUT2D eigenvalue weighted by Gasteiger charge is -2.31. The van der Waals surface area contributed by atoms with Gasteiger partial charge in [-0.25, -0.2) is 4.79 Å². The minimum absolute atomic E-state index is 0.0250. The van der Waals surface area contributed by atoms with E-state index in [0.717, 1.165) is 28.5 Å². The predicted octanol–water partition coefficient (Wildman–Crippen LogP) is 5.74. The number of rotatable bonds is 18. The van der Waals surface area contributed by atoms with Crippen LogP contribution in [0.1, 0.15) is 43.4 Å². The molecule has 3 N–H and O–H groups in total. The van der Waals surface area contributed by atoms with Gasteiger partial charge in [-0.1, -0.05) is 92.6 Å². The average Bonchev–Trinajstić information content (AvgIpc) is 2.99. The molecule has 0 radical (unpaired) electrons. The lowest BCUT2D eigenvalue weighted by Crippen LogP contribution is -2.51. The van der Waals surface area contributed by atoms with Crippen molar-refractivity contribution in [2.45, 2.75) is 58.0 Å². The SMILES string of the molecule is CC[C@H](C)[C@@H](CN(CC(=O)N[C@@H](CCSC)C(=O)O)Cc1cccc2ccccc12)NC(=O)CSCc1ccc(C)cc1. The highest BCUT2D eigenvalue weighted by molar-refractivity contribution is 7.99. The van der Waals surface area contributed by atoms with Crippen LogP contribution in [0.4, 0.5) is 0 Å². The summed E-state index contributed by atoms with van der Waals surface area (Å²) in [5.74, 6) is 0.530. The molecule has 7 nitrogen and oxygen atoms in total. The molecule has 0 heterocycles. The summed E-state index contributed by atoms with van der Waals surface area (Å²) in [6.07, 6.45) is 3.14. The normalized spacial score (nSPS) is 13.4. The van der Waals surface area contributed by atoms with E-state index in [9.17, 15) is 19.5 Å². The number of nitrogens with zero attached hydrogens (tertiary/aromatic N) is 1. The largest absolute Gasteiger partial charge is 0.480 e. The summed E-state index contributed by atoms with van der Waals surface area (Å²) in [4.78, 5) is 40.1. The summed E-state index contributed by atoms with van der Waals surface area (Å²) >= 11 is 3.13. The molecule has 0 aromatic heterocycles. The van der Waals surface area contributed by atoms with E-state index in [1.165, 1.54) is 11.1 Å². The van der Waals surface area contributed by atoms with E-state index < -0.39 is 12.0 Å². The molecule has 43 heavy (non-hydrogen) atoms. The van der Waals surface area contributed by atoms with Crippen LogP contribution in [0, 0.1) is 12.8 Å². The van der Waals surface area contributed by atoms with Crippen LogP contribution in [0.25, 0.3) is 10.8 Å². The van der Waals surface area contributed by atoms with Crippen molar-refractivity contribution >= 4 is 52.1 Å². The third kappa shape index (κ3) is 11.5. The molecule has 3 aromatic carbocycles. The highest BCUT2D eigenvalue weighted by atomic mass is 32.2. The number of carbonyl (C=O) groups is 3. The maximum Gasteiger partial charge on any atom is 0.326 e. The van der Waals surface area contributed by atoms with E-state index in [1.807, 2.05) is 29.4 Å². The molecule has 3 aromatic rings. The van der Waals surface area contributed by atoms with Gasteiger partial charge >= 0.3 is 5.97 Å². The van der Waals surface area contributed by atoms with Gasteiger partial charge < -0.3 is 15.7 Å². The van der Waals surface area contributed by atoms with Crippen LogP contribution in [0.3, 0.4) is 0 Å². The van der Waals surface area contributed by atoms with Crippen molar-refractivity contribution in [2.75, 3.05) is 30.9 Å². The highest BCUT2D eigenvalue weighted by Gasteiger charge is 2.25. The first-order valence-electron chi connectivity index (χ1n) is 14.8. The molecule has 3 atom stereocenters. The van der Waals surface area contributed by atoms with Gasteiger partial charge in [-0.3, -0.25) is 14.5 Å². The van der Waals surface area contributed by atoms with E-state index in [1.54, 1.807) is 23.5 Å². The van der Waals surface area contributed by atoms with E-state index in [4.69, 9.17) is 0 Å². The number of nitrogens with one attached hydrogen (secondary N) is 2. The van der Waals surface area contributed by atoms with Crippen LogP contribution >= 0.6 is 23.5 Å². The molecule has 0 unspecified atom stereocenters. The molecule has 3 rings (SSSR count). The third-order valence-corrected chi connectivity index (χ3v) is 9.29. The summed E-state index contributed by atoms with van der Waals surface area (Å²) in [7, 11) is 0. The zero-order valence-corrected chi connectivity index (χ0v) is 27.3. The van der Waals surface area contributed by atoms with Crippen molar-refractivity contribution in [1.29, 1.82) is 0 Å². The Morgan fingerprint density at radius 3 is 2.37 bits per heavy atom. The fraction of sp³-hybridized carbons (Fsp3) is 0.441. The number of amides is 2. The summed E-state index contributed by atoms with van der Waals surface area (Å²) in [5, 5.41) is 17.8. The molecule has 0 fully saturated rings. The lowest BCUT2D eigenvalue weighted by molar-refractivity contribution is -0.142. The van der Waals surface area contributed by atoms with Gasteiger partial charge in [-0.2, -0.15) is 11.8 Å². The monoisotopic (exact) mass is 623 g/mol. The Morgan fingerprint density at radius 2 is 1.67 bits per heavy atom. The van der Waals surface area contributed by atoms with Gasteiger partial charge in [0.1, 0.15) is 6.04 Å². The summed E-state index contributed by atoms with van der Waals surface area (Å²) in [5.41, 5.74) is 3.47. The second kappa shape index (κ2) is 18.0. The van der Waals surface area contributed by atoms with Crippen LogP contribution in [-0.2, 0) is 26.7 Å². The zero-order valence-electron chi connectivity index (χ0n) is 25.7. The molecule has 0 saturated carbocycles. The van der Waals surface area contributed by atoms with Crippen LogP contribution < -0.4 is 10.6 Å². The fourth-order valence-electron chi connectivity index (χ4n) is 4.92. The van der Waals surface area contributed by atoms with E-state index in [0.29, 0.717) is 31.0 Å². The number of benzene rings is 3. The van der Waals surface area contributed by atoms with Gasteiger partial charge in [0, 0.05) is 24.9 Å². The second-order valence-electron chi connectivity index (χ2n) is 11.1. The topological polar surface area (TPSA) is 98.7 Å². The Bertz CT molecular complexity index is 1330. The average molecular weight is 624 g/mol. The first-order valence-corrected chi connectivity index (χ1v) is 17.4. The van der Waals surface area contributed by atoms with Crippen molar-refractivity contribution < 1.29 is 19.5 Å². The molecule has 2 amide bonds. The number of thioether (sulfide) groups is 2. The maximum absolute atomic E-state index is 13.2. The Morgan fingerprint density at radius 1 is 0.953 bits per heavy atom. The molecule has 0 aliphatic rings. The zero-order chi connectivity index (χ0) is 31.2. The number of hydrogen-bond donors (Lipinski definition) is 3. The number of aryl methyl sites for hydroxylation is 1. The third-order valence-electron chi connectivity index (χ3n) is 7.64. The number of fused-ring (bicyclic) bond motifs is 1. The molecule has 232 valence electrons. The standard InChI is InChI=1S/C34H45N3O4S2/c1-5-25(3)31(36-33(39)23-43-22-26-15-13-24(2)14-16-26)20-37(21-32(38)35-30(34(40)41)17-18-42-4)19-28-11-8-10-27-9-6-7-12-29(27)28/h6-16,25,30-31H,5,17-23H2,1-4H3,(H,35,38)(H,36,39)(H,40,41)/t25-,30-,31+/m0/s1. The predicted molar refractivity (Wildman–Crippen MR) is 181 cm³/mol. The quantitative estimate of drug-likeness (QED) is 0.166. The van der Waals surface area contributed by atoms with Crippen molar-refractivity contribution in [2.24, 2.45) is 5.92 Å². The highest BCUT2D eigenvalue weighted by Crippen LogP contribution is 2.21. The van der Waals surface area contributed by atoms with Gasteiger partial charge in [-0.05, 0) is 53.2 Å². The van der Waals surface area contributed by atoms with Crippen molar-refractivity contribution in [3.8, 4) is 0 Å². The smallest absolute Gasteiger partial charge is 0.326 e.